The molecule has 0 saturated carbocycles. The van der Waals surface area contributed by atoms with Crippen LogP contribution in [-0.4, -0.2) is 4.98 Å². The molecule has 0 amide bonds. The van der Waals surface area contributed by atoms with E-state index in [9.17, 15) is 0 Å². The highest BCUT2D eigenvalue weighted by Gasteiger charge is 1.93. The molecule has 0 unspecified atom stereocenters. The van der Waals surface area contributed by atoms with Crippen LogP contribution in [0, 0.1) is 0 Å². The molecule has 0 spiro atoms. The van der Waals surface area contributed by atoms with E-state index in [4.69, 9.17) is 0 Å². The van der Waals surface area contributed by atoms with Gasteiger partial charge < -0.3 is 4.98 Å². The molecule has 0 radical (unpaired) electrons. The first-order valence-electron chi connectivity index (χ1n) is 4.03. The first kappa shape index (κ1) is 7.39. The molecule has 1 aromatic rings. The Morgan fingerprint density at radius 2 is 1.90 bits per heavy atom. The fraction of sp³-hybridized carbons (Fsp3) is 0.556. The predicted molar refractivity (Wildman–Crippen MR) is 44.2 cm³/mol. The van der Waals surface area contributed by atoms with Gasteiger partial charge in [0.15, 0.2) is 0 Å². The molecule has 1 heterocycles. The van der Waals surface area contributed by atoms with Gasteiger partial charge in [-0.15, -0.1) is 0 Å². The molecule has 0 aromatic carbocycles. The maximum absolute atomic E-state index is 3.36. The normalized spacial score (nSPS) is 10.2. The molecule has 0 atom stereocenters. The summed E-state index contributed by atoms with van der Waals surface area (Å²) in [7, 11) is 0. The third-order valence-corrected chi connectivity index (χ3v) is 1.71. The minimum Gasteiger partial charge on any atom is -0.362 e. The summed E-state index contributed by atoms with van der Waals surface area (Å²) < 4.78 is 0. The van der Waals surface area contributed by atoms with Gasteiger partial charge >= 0.3 is 0 Å². The van der Waals surface area contributed by atoms with Crippen LogP contribution in [0.25, 0.3) is 0 Å². The Hall–Kier alpha value is -0.720. The highest BCUT2D eigenvalue weighted by molar-refractivity contribution is 5.12. The quantitative estimate of drug-likeness (QED) is 0.659. The standard InChI is InChI=1S/C9H15N/c1-3-5-9-7-6-8(4-2)10-9/h6-7,10H,3-5H2,1-2H3. The molecule has 0 aliphatic rings. The van der Waals surface area contributed by atoms with E-state index in [1.165, 1.54) is 24.2 Å². The Labute approximate surface area is 62.5 Å². The Morgan fingerprint density at radius 3 is 2.40 bits per heavy atom. The summed E-state index contributed by atoms with van der Waals surface area (Å²) in [6.45, 7) is 4.37. The lowest BCUT2D eigenvalue weighted by atomic mass is 10.3. The van der Waals surface area contributed by atoms with Crippen molar-refractivity contribution in [2.24, 2.45) is 0 Å². The van der Waals surface area contributed by atoms with Crippen LogP contribution in [0.1, 0.15) is 31.7 Å². The van der Waals surface area contributed by atoms with E-state index in [2.05, 4.69) is 31.0 Å². The summed E-state index contributed by atoms with van der Waals surface area (Å²) in [5.41, 5.74) is 2.72. The molecule has 56 valence electrons. The summed E-state index contributed by atoms with van der Waals surface area (Å²) >= 11 is 0. The van der Waals surface area contributed by atoms with Gasteiger partial charge in [-0.1, -0.05) is 20.3 Å². The number of aromatic nitrogens is 1. The minimum atomic E-state index is 1.11. The molecule has 1 nitrogen and oxygen atoms in total. The Balaban J connectivity index is 2.59. The monoisotopic (exact) mass is 137 g/mol. The van der Waals surface area contributed by atoms with Crippen molar-refractivity contribution >= 4 is 0 Å². The molecule has 0 saturated heterocycles. The van der Waals surface area contributed by atoms with Gasteiger partial charge in [-0.05, 0) is 25.0 Å². The van der Waals surface area contributed by atoms with Gasteiger partial charge in [0.1, 0.15) is 0 Å². The largest absolute Gasteiger partial charge is 0.362 e. The van der Waals surface area contributed by atoms with E-state index in [0.717, 1.165) is 6.42 Å². The maximum atomic E-state index is 3.36. The van der Waals surface area contributed by atoms with Crippen molar-refractivity contribution in [3.8, 4) is 0 Å². The van der Waals surface area contributed by atoms with Gasteiger partial charge in [0.05, 0.1) is 0 Å². The van der Waals surface area contributed by atoms with Gasteiger partial charge in [0.25, 0.3) is 0 Å². The van der Waals surface area contributed by atoms with E-state index >= 15 is 0 Å². The molecule has 1 rings (SSSR count). The second-order valence-electron chi connectivity index (χ2n) is 2.61. The molecular weight excluding hydrogens is 122 g/mol. The molecule has 1 aromatic heterocycles. The number of rotatable bonds is 3. The zero-order chi connectivity index (χ0) is 7.40. The number of hydrogen-bond donors (Lipinski definition) is 1. The summed E-state index contributed by atoms with van der Waals surface area (Å²) in [4.78, 5) is 3.36. The summed E-state index contributed by atoms with van der Waals surface area (Å²) in [6, 6.07) is 4.35. The minimum absolute atomic E-state index is 1.11. The van der Waals surface area contributed by atoms with Crippen LogP contribution in [0.15, 0.2) is 12.1 Å². The lowest BCUT2D eigenvalue weighted by Gasteiger charge is -1.91. The lowest BCUT2D eigenvalue weighted by molar-refractivity contribution is 0.880. The Bertz CT molecular complexity index is 188. The zero-order valence-electron chi connectivity index (χ0n) is 6.78. The van der Waals surface area contributed by atoms with Crippen LogP contribution >= 0.6 is 0 Å². The van der Waals surface area contributed by atoms with Crippen LogP contribution < -0.4 is 0 Å². The van der Waals surface area contributed by atoms with Gasteiger partial charge in [-0.3, -0.25) is 0 Å². The molecule has 0 aliphatic carbocycles. The SMILES string of the molecule is CCCc1ccc(CC)[nH]1. The highest BCUT2D eigenvalue weighted by atomic mass is 14.7. The van der Waals surface area contributed by atoms with Crippen LogP contribution in [-0.2, 0) is 12.8 Å². The fourth-order valence-electron chi connectivity index (χ4n) is 1.11. The van der Waals surface area contributed by atoms with Crippen LogP contribution in [0.4, 0.5) is 0 Å². The molecule has 10 heavy (non-hydrogen) atoms. The molecule has 0 aliphatic heterocycles. The number of aryl methyl sites for hydroxylation is 2. The van der Waals surface area contributed by atoms with Crippen molar-refractivity contribution in [1.29, 1.82) is 0 Å². The van der Waals surface area contributed by atoms with Crippen LogP contribution in [0.3, 0.4) is 0 Å². The molecule has 1 N–H and O–H groups in total. The third-order valence-electron chi connectivity index (χ3n) is 1.71. The summed E-state index contributed by atoms with van der Waals surface area (Å²) in [5, 5.41) is 0. The first-order valence-corrected chi connectivity index (χ1v) is 4.03. The van der Waals surface area contributed by atoms with Crippen molar-refractivity contribution in [3.05, 3.63) is 23.5 Å². The average molecular weight is 137 g/mol. The number of nitrogens with one attached hydrogen (secondary N) is 1. The average Bonchev–Trinajstić information content (AvgIpc) is 2.37. The van der Waals surface area contributed by atoms with Gasteiger partial charge in [0, 0.05) is 11.4 Å². The van der Waals surface area contributed by atoms with Gasteiger partial charge in [-0.25, -0.2) is 0 Å². The molecule has 1 heteroatoms. The van der Waals surface area contributed by atoms with Crippen molar-refractivity contribution in [2.45, 2.75) is 33.1 Å². The van der Waals surface area contributed by atoms with Gasteiger partial charge in [-0.2, -0.15) is 0 Å². The first-order chi connectivity index (χ1) is 4.86. The second-order valence-corrected chi connectivity index (χ2v) is 2.61. The lowest BCUT2D eigenvalue weighted by Crippen LogP contribution is -1.83. The van der Waals surface area contributed by atoms with Crippen LogP contribution in [0.5, 0.6) is 0 Å². The number of H-pyrrole nitrogens is 1. The molecule has 0 bridgehead atoms. The number of aromatic amines is 1. The van der Waals surface area contributed by atoms with E-state index in [1.54, 1.807) is 0 Å². The van der Waals surface area contributed by atoms with E-state index in [1.807, 2.05) is 0 Å². The maximum Gasteiger partial charge on any atom is 0.0149 e. The predicted octanol–water partition coefficient (Wildman–Crippen LogP) is 2.53. The van der Waals surface area contributed by atoms with Crippen molar-refractivity contribution in [3.63, 3.8) is 0 Å². The zero-order valence-corrected chi connectivity index (χ0v) is 6.78. The fourth-order valence-corrected chi connectivity index (χ4v) is 1.11. The van der Waals surface area contributed by atoms with E-state index in [-0.39, 0.29) is 0 Å². The Kier molecular flexibility index (Phi) is 2.55. The summed E-state index contributed by atoms with van der Waals surface area (Å²) in [6.07, 6.45) is 3.52. The highest BCUT2D eigenvalue weighted by Crippen LogP contribution is 2.04. The smallest absolute Gasteiger partial charge is 0.0149 e. The van der Waals surface area contributed by atoms with Crippen LogP contribution in [0.2, 0.25) is 0 Å². The number of hydrogen-bond acceptors (Lipinski definition) is 0. The van der Waals surface area contributed by atoms with Crippen molar-refractivity contribution in [1.82, 2.24) is 4.98 Å². The third kappa shape index (κ3) is 1.63. The Morgan fingerprint density at radius 1 is 1.20 bits per heavy atom. The van der Waals surface area contributed by atoms with E-state index in [0.29, 0.717) is 0 Å². The second kappa shape index (κ2) is 3.45. The van der Waals surface area contributed by atoms with E-state index < -0.39 is 0 Å². The summed E-state index contributed by atoms with van der Waals surface area (Å²) in [5.74, 6) is 0. The molecular formula is C9H15N. The topological polar surface area (TPSA) is 15.8 Å². The van der Waals surface area contributed by atoms with Gasteiger partial charge in [0.2, 0.25) is 0 Å². The molecule has 0 fully saturated rings. The van der Waals surface area contributed by atoms with Crippen molar-refractivity contribution in [2.75, 3.05) is 0 Å². The van der Waals surface area contributed by atoms with Crippen molar-refractivity contribution < 1.29 is 0 Å².